The van der Waals surface area contributed by atoms with Gasteiger partial charge in [-0.15, -0.1) is 0 Å². The Balaban J connectivity index is 1.87. The largest absolute Gasteiger partial charge is 0.342 e. The van der Waals surface area contributed by atoms with Gasteiger partial charge in [0, 0.05) is 24.1 Å². The smallest absolute Gasteiger partial charge is 0.256 e. The number of benzene rings is 1. The molecule has 0 aliphatic heterocycles. The Bertz CT molecular complexity index is 1030. The molecule has 5 heteroatoms. The molecule has 0 N–H and O–H groups in total. The van der Waals surface area contributed by atoms with Crippen LogP contribution in [-0.4, -0.2) is 26.9 Å². The van der Waals surface area contributed by atoms with E-state index in [2.05, 4.69) is 15.6 Å². The number of carbonyl (C=O) groups excluding carboxylic acids is 1. The van der Waals surface area contributed by atoms with Crippen LogP contribution < -0.4 is 0 Å². The average molecular weight is 386 g/mol. The van der Waals surface area contributed by atoms with E-state index in [1.54, 1.807) is 18.3 Å². The summed E-state index contributed by atoms with van der Waals surface area (Å²) in [4.78, 5) is 19.7. The fourth-order valence-electron chi connectivity index (χ4n) is 3.68. The summed E-state index contributed by atoms with van der Waals surface area (Å²) in [5.41, 5.74) is 5.31. The van der Waals surface area contributed by atoms with Gasteiger partial charge < -0.3 is 9.47 Å². The third kappa shape index (κ3) is 4.22. The van der Waals surface area contributed by atoms with Gasteiger partial charge in [0.1, 0.15) is 0 Å². The van der Waals surface area contributed by atoms with Crippen LogP contribution in [0.3, 0.4) is 0 Å². The Morgan fingerprint density at radius 3 is 2.52 bits per heavy atom. The van der Waals surface area contributed by atoms with Gasteiger partial charge in [-0.2, -0.15) is 5.26 Å². The zero-order valence-electron chi connectivity index (χ0n) is 17.4. The van der Waals surface area contributed by atoms with Crippen molar-refractivity contribution in [2.75, 3.05) is 6.54 Å². The maximum Gasteiger partial charge on any atom is 0.256 e. The molecule has 3 aromatic rings. The summed E-state index contributed by atoms with van der Waals surface area (Å²) in [6.07, 6.45) is 1.79. The summed E-state index contributed by atoms with van der Waals surface area (Å²) >= 11 is 0. The van der Waals surface area contributed by atoms with Crippen LogP contribution in [0.5, 0.6) is 0 Å². The Morgan fingerprint density at radius 2 is 1.93 bits per heavy atom. The summed E-state index contributed by atoms with van der Waals surface area (Å²) < 4.78 is 2.13. The number of nitriles is 1. The molecule has 0 saturated heterocycles. The predicted octanol–water partition coefficient (Wildman–Crippen LogP) is 4.64. The number of hydrogen-bond donors (Lipinski definition) is 0. The van der Waals surface area contributed by atoms with Crippen molar-refractivity contribution in [2.24, 2.45) is 0 Å². The van der Waals surface area contributed by atoms with Crippen LogP contribution in [0, 0.1) is 25.2 Å². The predicted molar refractivity (Wildman–Crippen MR) is 114 cm³/mol. The highest BCUT2D eigenvalue weighted by atomic mass is 16.2. The van der Waals surface area contributed by atoms with Gasteiger partial charge in [0.2, 0.25) is 0 Å². The zero-order valence-corrected chi connectivity index (χ0v) is 17.4. The van der Waals surface area contributed by atoms with Crippen LogP contribution >= 0.6 is 0 Å². The molecule has 0 aliphatic carbocycles. The van der Waals surface area contributed by atoms with E-state index in [0.29, 0.717) is 18.7 Å². The lowest BCUT2D eigenvalue weighted by atomic mass is 10.0. The van der Waals surface area contributed by atoms with E-state index in [-0.39, 0.29) is 11.9 Å². The van der Waals surface area contributed by atoms with E-state index in [1.807, 2.05) is 69.0 Å². The molecule has 5 nitrogen and oxygen atoms in total. The molecule has 1 amide bonds. The van der Waals surface area contributed by atoms with Crippen molar-refractivity contribution >= 4 is 5.91 Å². The number of aryl methyl sites for hydroxylation is 1. The van der Waals surface area contributed by atoms with E-state index in [1.165, 1.54) is 0 Å². The topological polar surface area (TPSA) is 61.9 Å². The van der Waals surface area contributed by atoms with Gasteiger partial charge in [-0.25, -0.2) is 0 Å². The van der Waals surface area contributed by atoms with Gasteiger partial charge in [0.15, 0.2) is 0 Å². The molecule has 1 aromatic carbocycles. The van der Waals surface area contributed by atoms with Gasteiger partial charge in [-0.3, -0.25) is 9.78 Å². The minimum absolute atomic E-state index is 0.0183. The third-order valence-corrected chi connectivity index (χ3v) is 5.44. The summed E-state index contributed by atoms with van der Waals surface area (Å²) in [6, 6.07) is 17.3. The highest BCUT2D eigenvalue weighted by Crippen LogP contribution is 2.25. The molecule has 2 aromatic heterocycles. The number of pyridine rings is 1. The minimum atomic E-state index is -0.0842. The molecule has 0 spiro atoms. The van der Waals surface area contributed by atoms with E-state index < -0.39 is 0 Å². The number of amides is 1. The molecule has 2 heterocycles. The van der Waals surface area contributed by atoms with E-state index in [9.17, 15) is 4.79 Å². The molecule has 0 bridgehead atoms. The van der Waals surface area contributed by atoms with Crippen LogP contribution in [0.1, 0.15) is 58.5 Å². The molecule has 148 valence electrons. The van der Waals surface area contributed by atoms with E-state index in [0.717, 1.165) is 28.2 Å². The molecule has 0 fully saturated rings. The molecule has 0 saturated carbocycles. The van der Waals surface area contributed by atoms with Crippen molar-refractivity contribution in [3.63, 3.8) is 0 Å². The lowest BCUT2D eigenvalue weighted by Crippen LogP contribution is -2.33. The summed E-state index contributed by atoms with van der Waals surface area (Å²) in [5, 5.41) is 9.00. The zero-order chi connectivity index (χ0) is 21.0. The van der Waals surface area contributed by atoms with E-state index in [4.69, 9.17) is 5.26 Å². The van der Waals surface area contributed by atoms with Crippen LogP contribution in [0.25, 0.3) is 0 Å². The normalized spacial score (nSPS) is 11.7. The van der Waals surface area contributed by atoms with Crippen LogP contribution in [0.15, 0.2) is 54.7 Å². The van der Waals surface area contributed by atoms with Gasteiger partial charge in [0.25, 0.3) is 5.91 Å². The van der Waals surface area contributed by atoms with Gasteiger partial charge in [0.05, 0.1) is 35.5 Å². The van der Waals surface area contributed by atoms with Gasteiger partial charge in [-0.05, 0) is 63.6 Å². The maximum atomic E-state index is 13.4. The van der Waals surface area contributed by atoms with Crippen LogP contribution in [0.2, 0.25) is 0 Å². The molecule has 29 heavy (non-hydrogen) atoms. The first kappa shape index (κ1) is 20.3. The van der Waals surface area contributed by atoms with Gasteiger partial charge >= 0.3 is 0 Å². The Morgan fingerprint density at radius 1 is 1.21 bits per heavy atom. The van der Waals surface area contributed by atoms with Crippen LogP contribution in [0.4, 0.5) is 0 Å². The van der Waals surface area contributed by atoms with Crippen molar-refractivity contribution in [2.45, 2.75) is 40.3 Å². The summed E-state index contributed by atoms with van der Waals surface area (Å²) in [7, 11) is 0. The lowest BCUT2D eigenvalue weighted by molar-refractivity contribution is 0.0701. The van der Waals surface area contributed by atoms with Crippen molar-refractivity contribution in [1.29, 1.82) is 5.26 Å². The molecule has 0 unspecified atom stereocenters. The average Bonchev–Trinajstić information content (AvgIpc) is 3.03. The number of hydrogen-bond acceptors (Lipinski definition) is 3. The number of rotatable bonds is 6. The molecular formula is C24H26N4O. The Hall–Kier alpha value is -3.39. The first-order chi connectivity index (χ1) is 14.0. The second kappa shape index (κ2) is 8.74. The number of aromatic nitrogens is 2. The highest BCUT2D eigenvalue weighted by molar-refractivity contribution is 5.96. The standard InChI is InChI=1S/C24H26N4O/c1-5-27(18(3)21-11-9-20(15-25)10-12-21)24(29)23-14-17(2)28(19(23)4)16-22-8-6-7-13-26-22/h6-14,18H,5,16H2,1-4H3/t18-/m0/s1. The second-order valence-corrected chi connectivity index (χ2v) is 7.19. The van der Waals surface area contributed by atoms with Crippen molar-refractivity contribution in [3.8, 4) is 6.07 Å². The molecule has 1 atom stereocenters. The lowest BCUT2D eigenvalue weighted by Gasteiger charge is -2.28. The quantitative estimate of drug-likeness (QED) is 0.620. The molecule has 0 radical (unpaired) electrons. The van der Waals surface area contributed by atoms with Crippen molar-refractivity contribution < 1.29 is 4.79 Å². The van der Waals surface area contributed by atoms with Crippen LogP contribution in [-0.2, 0) is 6.54 Å². The molecule has 3 rings (SSSR count). The SMILES string of the molecule is CCN(C(=O)c1cc(C)n(Cc2ccccn2)c1C)[C@@H](C)c1ccc(C#N)cc1. The highest BCUT2D eigenvalue weighted by Gasteiger charge is 2.25. The monoisotopic (exact) mass is 386 g/mol. The summed E-state index contributed by atoms with van der Waals surface area (Å²) in [6.45, 7) is 9.27. The number of carbonyl (C=O) groups is 1. The third-order valence-electron chi connectivity index (χ3n) is 5.44. The van der Waals surface area contributed by atoms with Crippen molar-refractivity contribution in [3.05, 3.63) is 88.5 Å². The minimum Gasteiger partial charge on any atom is -0.342 e. The maximum absolute atomic E-state index is 13.4. The van der Waals surface area contributed by atoms with E-state index >= 15 is 0 Å². The fraction of sp³-hybridized carbons (Fsp3) is 0.292. The molecular weight excluding hydrogens is 360 g/mol. The number of nitrogens with zero attached hydrogens (tertiary/aromatic N) is 4. The summed E-state index contributed by atoms with van der Waals surface area (Å²) in [5.74, 6) is 0.0183. The first-order valence-electron chi connectivity index (χ1n) is 9.84. The Kier molecular flexibility index (Phi) is 6.13. The first-order valence-corrected chi connectivity index (χ1v) is 9.84. The fourth-order valence-corrected chi connectivity index (χ4v) is 3.68. The molecule has 0 aliphatic rings. The second-order valence-electron chi connectivity index (χ2n) is 7.19. The van der Waals surface area contributed by atoms with Crippen molar-refractivity contribution in [1.82, 2.24) is 14.5 Å². The Labute approximate surface area is 172 Å². The van der Waals surface area contributed by atoms with Gasteiger partial charge in [-0.1, -0.05) is 18.2 Å².